The van der Waals surface area contributed by atoms with Crippen LogP contribution in [-0.2, 0) is 0 Å². The second kappa shape index (κ2) is 5.05. The van der Waals surface area contributed by atoms with Gasteiger partial charge >= 0.3 is 0 Å². The molecule has 1 saturated carbocycles. The van der Waals surface area contributed by atoms with E-state index in [1.807, 2.05) is 34.8 Å². The minimum Gasteiger partial charge on any atom is -0.236 e. The van der Waals surface area contributed by atoms with E-state index < -0.39 is 0 Å². The molecule has 118 valence electrons. The first-order chi connectivity index (χ1) is 11.7. The fourth-order valence-corrected chi connectivity index (χ4v) is 3.43. The van der Waals surface area contributed by atoms with Crippen molar-refractivity contribution in [3.63, 3.8) is 0 Å². The highest BCUT2D eigenvalue weighted by Gasteiger charge is 2.27. The number of nitrogens with zero attached hydrogens (tertiary/aromatic N) is 2. The summed E-state index contributed by atoms with van der Waals surface area (Å²) in [6, 6.07) is 16.8. The van der Waals surface area contributed by atoms with E-state index in [2.05, 4.69) is 12.1 Å². The summed E-state index contributed by atoms with van der Waals surface area (Å²) in [5, 5.41) is 7.50. The van der Waals surface area contributed by atoms with E-state index in [9.17, 15) is 4.39 Å². The molecule has 0 N–H and O–H groups in total. The summed E-state index contributed by atoms with van der Waals surface area (Å²) < 4.78 is 15.7. The molecule has 1 aliphatic carbocycles. The third kappa shape index (κ3) is 2.20. The Labute approximate surface area is 143 Å². The topological polar surface area (TPSA) is 17.3 Å². The van der Waals surface area contributed by atoms with Gasteiger partial charge in [-0.25, -0.2) is 8.91 Å². The Morgan fingerprint density at radius 2 is 1.79 bits per heavy atom. The zero-order valence-electron chi connectivity index (χ0n) is 12.8. The van der Waals surface area contributed by atoms with Gasteiger partial charge in [0, 0.05) is 27.6 Å². The highest BCUT2D eigenvalue weighted by Crippen LogP contribution is 2.42. The number of hydrogen-bond donors (Lipinski definition) is 0. The van der Waals surface area contributed by atoms with Gasteiger partial charge < -0.3 is 0 Å². The molecule has 2 aromatic heterocycles. The van der Waals surface area contributed by atoms with Gasteiger partial charge in [0.1, 0.15) is 5.82 Å². The standard InChI is InChI=1S/C20H14ClFN2/c21-15-5-3-12(4-6-15)18-11-20-17-8-7-16(22)9-14(17)10-19(13-1-2-13)24(20)23-18/h3-11,13H,1-2H2. The molecular weight excluding hydrogens is 323 g/mol. The van der Waals surface area contributed by atoms with E-state index >= 15 is 0 Å². The van der Waals surface area contributed by atoms with Crippen LogP contribution in [0.4, 0.5) is 4.39 Å². The summed E-state index contributed by atoms with van der Waals surface area (Å²) >= 11 is 5.98. The van der Waals surface area contributed by atoms with Gasteiger partial charge in [-0.15, -0.1) is 0 Å². The van der Waals surface area contributed by atoms with Crippen LogP contribution in [0.2, 0.25) is 5.02 Å². The molecule has 0 spiro atoms. The van der Waals surface area contributed by atoms with E-state index in [1.54, 1.807) is 6.07 Å². The second-order valence-corrected chi connectivity index (χ2v) is 6.84. The molecule has 0 atom stereocenters. The van der Waals surface area contributed by atoms with Gasteiger partial charge in [-0.05, 0) is 60.7 Å². The van der Waals surface area contributed by atoms with Crippen LogP contribution < -0.4 is 0 Å². The molecule has 0 saturated heterocycles. The summed E-state index contributed by atoms with van der Waals surface area (Å²) in [5.41, 5.74) is 4.13. The van der Waals surface area contributed by atoms with Crippen LogP contribution in [0.1, 0.15) is 24.5 Å². The molecule has 4 aromatic rings. The van der Waals surface area contributed by atoms with Gasteiger partial charge in [-0.3, -0.25) is 0 Å². The molecule has 0 radical (unpaired) electrons. The third-order valence-corrected chi connectivity index (χ3v) is 4.93. The number of rotatable bonds is 2. The van der Waals surface area contributed by atoms with E-state index in [0.717, 1.165) is 27.5 Å². The average molecular weight is 337 g/mol. The van der Waals surface area contributed by atoms with E-state index in [0.29, 0.717) is 10.9 Å². The Balaban J connectivity index is 1.81. The van der Waals surface area contributed by atoms with Crippen molar-refractivity contribution in [2.24, 2.45) is 0 Å². The fraction of sp³-hybridized carbons (Fsp3) is 0.150. The largest absolute Gasteiger partial charge is 0.236 e. The van der Waals surface area contributed by atoms with Crippen molar-refractivity contribution < 1.29 is 4.39 Å². The lowest BCUT2D eigenvalue weighted by atomic mass is 10.1. The molecule has 2 nitrogen and oxygen atoms in total. The van der Waals surface area contributed by atoms with Crippen LogP contribution in [0.3, 0.4) is 0 Å². The zero-order chi connectivity index (χ0) is 16.3. The maximum atomic E-state index is 13.7. The van der Waals surface area contributed by atoms with Gasteiger partial charge in [-0.2, -0.15) is 5.10 Å². The molecule has 0 bridgehead atoms. The number of halogens is 2. The van der Waals surface area contributed by atoms with E-state index in [4.69, 9.17) is 16.7 Å². The monoisotopic (exact) mass is 336 g/mol. The second-order valence-electron chi connectivity index (χ2n) is 6.41. The zero-order valence-corrected chi connectivity index (χ0v) is 13.6. The van der Waals surface area contributed by atoms with Crippen molar-refractivity contribution in [2.75, 3.05) is 0 Å². The molecule has 1 fully saturated rings. The lowest BCUT2D eigenvalue weighted by molar-refractivity contribution is 0.629. The van der Waals surface area contributed by atoms with Crippen LogP contribution in [0.5, 0.6) is 0 Å². The summed E-state index contributed by atoms with van der Waals surface area (Å²) in [7, 11) is 0. The smallest absolute Gasteiger partial charge is 0.123 e. The molecule has 0 amide bonds. The van der Waals surface area contributed by atoms with Crippen LogP contribution in [-0.4, -0.2) is 9.61 Å². The van der Waals surface area contributed by atoms with Crippen LogP contribution in [0.15, 0.2) is 54.6 Å². The SMILES string of the molecule is Fc1ccc2c(c1)cc(C1CC1)n1nc(-c3ccc(Cl)cc3)cc21. The summed E-state index contributed by atoms with van der Waals surface area (Å²) in [6.07, 6.45) is 2.35. The van der Waals surface area contributed by atoms with Crippen LogP contribution in [0.25, 0.3) is 27.5 Å². The molecule has 24 heavy (non-hydrogen) atoms. The minimum atomic E-state index is -0.203. The fourth-order valence-electron chi connectivity index (χ4n) is 3.31. The number of benzene rings is 2. The number of hydrogen-bond acceptors (Lipinski definition) is 1. The first-order valence-corrected chi connectivity index (χ1v) is 8.45. The van der Waals surface area contributed by atoms with Gasteiger partial charge in [0.2, 0.25) is 0 Å². The highest BCUT2D eigenvalue weighted by molar-refractivity contribution is 6.30. The van der Waals surface area contributed by atoms with Gasteiger partial charge in [0.15, 0.2) is 0 Å². The molecule has 0 unspecified atom stereocenters. The average Bonchev–Trinajstić information content (AvgIpc) is 3.32. The Hall–Kier alpha value is -2.39. The van der Waals surface area contributed by atoms with Crippen LogP contribution in [0, 0.1) is 5.82 Å². The number of fused-ring (bicyclic) bond motifs is 3. The van der Waals surface area contributed by atoms with Gasteiger partial charge in [0.25, 0.3) is 0 Å². The molecule has 4 heteroatoms. The van der Waals surface area contributed by atoms with E-state index in [1.165, 1.54) is 24.6 Å². The first kappa shape index (κ1) is 14.0. The first-order valence-electron chi connectivity index (χ1n) is 8.07. The lowest BCUT2D eigenvalue weighted by Crippen LogP contribution is -1.98. The van der Waals surface area contributed by atoms with Crippen molar-refractivity contribution in [3.8, 4) is 11.3 Å². The molecular formula is C20H14ClFN2. The maximum Gasteiger partial charge on any atom is 0.123 e. The lowest BCUT2D eigenvalue weighted by Gasteiger charge is -2.07. The number of pyridine rings is 1. The highest BCUT2D eigenvalue weighted by atomic mass is 35.5. The minimum absolute atomic E-state index is 0.203. The molecule has 0 aliphatic heterocycles. The quantitative estimate of drug-likeness (QED) is 0.450. The molecule has 5 rings (SSSR count). The van der Waals surface area contributed by atoms with Crippen molar-refractivity contribution in [2.45, 2.75) is 18.8 Å². The predicted molar refractivity (Wildman–Crippen MR) is 95.1 cm³/mol. The van der Waals surface area contributed by atoms with Crippen molar-refractivity contribution in [1.29, 1.82) is 0 Å². The van der Waals surface area contributed by atoms with Crippen molar-refractivity contribution >= 4 is 27.9 Å². The van der Waals surface area contributed by atoms with Gasteiger partial charge in [0.05, 0.1) is 11.2 Å². The number of aromatic nitrogens is 2. The summed E-state index contributed by atoms with van der Waals surface area (Å²) in [5.74, 6) is 0.323. The molecule has 2 aromatic carbocycles. The third-order valence-electron chi connectivity index (χ3n) is 4.68. The predicted octanol–water partition coefficient (Wildman–Crippen LogP) is 5.82. The van der Waals surface area contributed by atoms with Crippen LogP contribution >= 0.6 is 11.6 Å². The Kier molecular flexibility index (Phi) is 2.95. The van der Waals surface area contributed by atoms with Crippen molar-refractivity contribution in [1.82, 2.24) is 9.61 Å². The Morgan fingerprint density at radius 1 is 1.00 bits per heavy atom. The van der Waals surface area contributed by atoms with Crippen molar-refractivity contribution in [3.05, 3.63) is 71.1 Å². The Bertz CT molecular complexity index is 1080. The molecule has 2 heterocycles. The molecule has 1 aliphatic rings. The summed E-state index contributed by atoms with van der Waals surface area (Å²) in [4.78, 5) is 0. The maximum absolute atomic E-state index is 13.7. The Morgan fingerprint density at radius 3 is 2.54 bits per heavy atom. The van der Waals surface area contributed by atoms with E-state index in [-0.39, 0.29) is 5.82 Å². The van der Waals surface area contributed by atoms with Gasteiger partial charge in [-0.1, -0.05) is 23.7 Å². The normalized spacial score (nSPS) is 14.6. The summed E-state index contributed by atoms with van der Waals surface area (Å²) in [6.45, 7) is 0.